The average molecular weight is 399 g/mol. The fourth-order valence-electron chi connectivity index (χ4n) is 3.80. The molecule has 0 radical (unpaired) electrons. The molecule has 7 nitrogen and oxygen atoms in total. The standard InChI is InChI=1S/C23H17N3O4/c1-2-29-15-8-5-7-14(13-15)19-18-20(27)16-9-3-4-10-17(16)30-21(18)22(28)26(19)23-24-11-6-12-25-23/h3-13,19H,2H2,1H3. The number of amides is 1. The van der Waals surface area contributed by atoms with Crippen molar-refractivity contribution in [3.8, 4) is 5.75 Å². The van der Waals surface area contributed by atoms with Crippen LogP contribution in [0.1, 0.15) is 34.6 Å². The molecule has 2 aromatic heterocycles. The molecule has 1 aliphatic heterocycles. The van der Waals surface area contributed by atoms with Gasteiger partial charge in [0, 0.05) is 12.4 Å². The monoisotopic (exact) mass is 399 g/mol. The van der Waals surface area contributed by atoms with E-state index in [0.717, 1.165) is 0 Å². The SMILES string of the molecule is CCOc1cccc(C2c3c(oc4ccccc4c3=O)C(=O)N2c2ncccn2)c1. The zero-order valence-corrected chi connectivity index (χ0v) is 16.1. The van der Waals surface area contributed by atoms with Gasteiger partial charge in [0.05, 0.1) is 23.6 Å². The van der Waals surface area contributed by atoms with E-state index in [0.29, 0.717) is 28.9 Å². The lowest BCUT2D eigenvalue weighted by Crippen LogP contribution is -2.31. The van der Waals surface area contributed by atoms with Gasteiger partial charge in [-0.1, -0.05) is 24.3 Å². The molecule has 1 amide bonds. The number of carbonyl (C=O) groups excluding carboxylic acids is 1. The highest BCUT2D eigenvalue weighted by Gasteiger charge is 2.44. The molecule has 0 spiro atoms. The number of hydrogen-bond donors (Lipinski definition) is 0. The smallest absolute Gasteiger partial charge is 0.297 e. The van der Waals surface area contributed by atoms with Crippen molar-refractivity contribution in [1.29, 1.82) is 0 Å². The van der Waals surface area contributed by atoms with E-state index in [1.54, 1.807) is 42.7 Å². The van der Waals surface area contributed by atoms with Gasteiger partial charge in [-0.05, 0) is 42.8 Å². The summed E-state index contributed by atoms with van der Waals surface area (Å²) in [6.07, 6.45) is 3.11. The Labute approximate surface area is 171 Å². The first kappa shape index (κ1) is 18.1. The number of rotatable bonds is 4. The number of para-hydroxylation sites is 1. The first-order valence-corrected chi connectivity index (χ1v) is 9.58. The van der Waals surface area contributed by atoms with Crippen LogP contribution in [-0.4, -0.2) is 22.5 Å². The van der Waals surface area contributed by atoms with Crippen molar-refractivity contribution in [1.82, 2.24) is 9.97 Å². The molecule has 0 bridgehead atoms. The highest BCUT2D eigenvalue weighted by molar-refractivity contribution is 6.09. The van der Waals surface area contributed by atoms with E-state index in [9.17, 15) is 9.59 Å². The molecular formula is C23H17N3O4. The summed E-state index contributed by atoms with van der Waals surface area (Å²) in [5.41, 5.74) is 1.11. The lowest BCUT2D eigenvalue weighted by atomic mass is 9.98. The molecule has 5 rings (SSSR count). The first-order valence-electron chi connectivity index (χ1n) is 9.58. The maximum absolute atomic E-state index is 13.4. The van der Waals surface area contributed by atoms with Gasteiger partial charge >= 0.3 is 0 Å². The van der Waals surface area contributed by atoms with E-state index < -0.39 is 11.9 Å². The highest BCUT2D eigenvalue weighted by Crippen LogP contribution is 2.40. The van der Waals surface area contributed by atoms with Crippen LogP contribution in [0, 0.1) is 0 Å². The Balaban J connectivity index is 1.79. The summed E-state index contributed by atoms with van der Waals surface area (Å²) in [5.74, 6) is 0.406. The number of hydrogen-bond acceptors (Lipinski definition) is 6. The number of anilines is 1. The Morgan fingerprint density at radius 2 is 1.83 bits per heavy atom. The van der Waals surface area contributed by atoms with E-state index in [2.05, 4.69) is 9.97 Å². The van der Waals surface area contributed by atoms with Crippen LogP contribution in [-0.2, 0) is 0 Å². The van der Waals surface area contributed by atoms with Gasteiger partial charge in [0.15, 0.2) is 5.43 Å². The Hall–Kier alpha value is -4.00. The molecule has 148 valence electrons. The number of nitrogens with zero attached hydrogens (tertiary/aromatic N) is 3. The molecule has 0 fully saturated rings. The second-order valence-electron chi connectivity index (χ2n) is 6.80. The molecule has 1 atom stereocenters. The quantitative estimate of drug-likeness (QED) is 0.520. The van der Waals surface area contributed by atoms with E-state index >= 15 is 0 Å². The van der Waals surface area contributed by atoms with E-state index in [1.807, 2.05) is 31.2 Å². The van der Waals surface area contributed by atoms with Crippen LogP contribution in [0.3, 0.4) is 0 Å². The summed E-state index contributed by atoms with van der Waals surface area (Å²) >= 11 is 0. The summed E-state index contributed by atoms with van der Waals surface area (Å²) in [6, 6.07) is 15.2. The van der Waals surface area contributed by atoms with Crippen LogP contribution in [0.2, 0.25) is 0 Å². The fraction of sp³-hybridized carbons (Fsp3) is 0.130. The number of fused-ring (bicyclic) bond motifs is 2. The molecule has 4 aromatic rings. The van der Waals surface area contributed by atoms with Crippen molar-refractivity contribution >= 4 is 22.8 Å². The summed E-state index contributed by atoms with van der Waals surface area (Å²) in [4.78, 5) is 36.7. The van der Waals surface area contributed by atoms with Crippen molar-refractivity contribution in [3.63, 3.8) is 0 Å². The van der Waals surface area contributed by atoms with Crippen molar-refractivity contribution in [2.24, 2.45) is 0 Å². The van der Waals surface area contributed by atoms with Crippen molar-refractivity contribution in [2.75, 3.05) is 11.5 Å². The third-order valence-electron chi connectivity index (χ3n) is 5.03. The Bertz CT molecular complexity index is 1320. The summed E-state index contributed by atoms with van der Waals surface area (Å²) in [7, 11) is 0. The van der Waals surface area contributed by atoms with Gasteiger partial charge < -0.3 is 9.15 Å². The first-order chi connectivity index (χ1) is 14.7. The number of aromatic nitrogens is 2. The molecule has 0 saturated heterocycles. The van der Waals surface area contributed by atoms with Gasteiger partial charge in [-0.2, -0.15) is 0 Å². The molecule has 7 heteroatoms. The zero-order valence-electron chi connectivity index (χ0n) is 16.1. The molecule has 0 N–H and O–H groups in total. The molecule has 0 aliphatic carbocycles. The molecule has 3 heterocycles. The minimum absolute atomic E-state index is 0.0120. The minimum atomic E-state index is -0.726. The third-order valence-corrected chi connectivity index (χ3v) is 5.03. The molecule has 1 aliphatic rings. The van der Waals surface area contributed by atoms with E-state index in [1.165, 1.54) is 4.90 Å². The summed E-state index contributed by atoms with van der Waals surface area (Å²) in [6.45, 7) is 2.40. The fourth-order valence-corrected chi connectivity index (χ4v) is 3.80. The van der Waals surface area contributed by atoms with Gasteiger partial charge in [-0.25, -0.2) is 9.97 Å². The molecular weight excluding hydrogens is 382 g/mol. The minimum Gasteiger partial charge on any atom is -0.494 e. The summed E-state index contributed by atoms with van der Waals surface area (Å²) < 4.78 is 11.5. The molecule has 0 saturated carbocycles. The van der Waals surface area contributed by atoms with E-state index in [4.69, 9.17) is 9.15 Å². The van der Waals surface area contributed by atoms with Crippen LogP contribution in [0.5, 0.6) is 5.75 Å². The predicted molar refractivity (Wildman–Crippen MR) is 111 cm³/mol. The van der Waals surface area contributed by atoms with Crippen LogP contribution >= 0.6 is 0 Å². The highest BCUT2D eigenvalue weighted by atomic mass is 16.5. The topological polar surface area (TPSA) is 85.5 Å². The summed E-state index contributed by atoms with van der Waals surface area (Å²) in [5, 5.41) is 0.422. The largest absolute Gasteiger partial charge is 0.494 e. The normalized spacial score (nSPS) is 15.4. The van der Waals surface area contributed by atoms with Crippen LogP contribution < -0.4 is 15.1 Å². The maximum atomic E-state index is 13.4. The van der Waals surface area contributed by atoms with Gasteiger partial charge in [0.2, 0.25) is 11.7 Å². The number of benzene rings is 2. The zero-order chi connectivity index (χ0) is 20.7. The van der Waals surface area contributed by atoms with Gasteiger partial charge in [0.25, 0.3) is 5.91 Å². The molecule has 30 heavy (non-hydrogen) atoms. The van der Waals surface area contributed by atoms with Crippen LogP contribution in [0.15, 0.2) is 76.2 Å². The second-order valence-corrected chi connectivity index (χ2v) is 6.80. The third kappa shape index (κ3) is 2.75. The van der Waals surface area contributed by atoms with Gasteiger partial charge in [-0.15, -0.1) is 0 Å². The Morgan fingerprint density at radius 1 is 1.03 bits per heavy atom. The van der Waals surface area contributed by atoms with Gasteiger partial charge in [0.1, 0.15) is 11.3 Å². The predicted octanol–water partition coefficient (Wildman–Crippen LogP) is 3.73. The van der Waals surface area contributed by atoms with Crippen molar-refractivity contribution in [3.05, 3.63) is 94.1 Å². The van der Waals surface area contributed by atoms with Crippen molar-refractivity contribution in [2.45, 2.75) is 13.0 Å². The Kier molecular flexibility index (Phi) is 4.28. The average Bonchev–Trinajstić information content (AvgIpc) is 3.08. The number of ether oxygens (including phenoxy) is 1. The van der Waals surface area contributed by atoms with Crippen molar-refractivity contribution < 1.29 is 13.9 Å². The second kappa shape index (κ2) is 7.11. The van der Waals surface area contributed by atoms with Crippen LogP contribution in [0.4, 0.5) is 5.95 Å². The molecule has 2 aromatic carbocycles. The van der Waals surface area contributed by atoms with Crippen LogP contribution in [0.25, 0.3) is 11.0 Å². The lowest BCUT2D eigenvalue weighted by molar-refractivity contribution is 0.0969. The van der Waals surface area contributed by atoms with Gasteiger partial charge in [-0.3, -0.25) is 14.5 Å². The Morgan fingerprint density at radius 3 is 2.63 bits per heavy atom. The number of carbonyl (C=O) groups is 1. The van der Waals surface area contributed by atoms with E-state index in [-0.39, 0.29) is 22.7 Å². The lowest BCUT2D eigenvalue weighted by Gasteiger charge is -2.23. The molecule has 1 unspecified atom stereocenters. The maximum Gasteiger partial charge on any atom is 0.297 e.